The lowest BCUT2D eigenvalue weighted by Crippen LogP contribution is -2.11. The third-order valence-electron chi connectivity index (χ3n) is 2.62. The zero-order valence-corrected chi connectivity index (χ0v) is 10.3. The minimum atomic E-state index is -4.47. The van der Waals surface area contributed by atoms with E-state index in [1.807, 2.05) is 0 Å². The number of alkyl halides is 3. The Bertz CT molecular complexity index is 590. The topological polar surface area (TPSA) is 55.3 Å². The van der Waals surface area contributed by atoms with Crippen molar-refractivity contribution < 1.29 is 17.7 Å². The monoisotopic (exact) mass is 271 g/mol. The molecular formula is C12H12F3N3O. The highest BCUT2D eigenvalue weighted by Crippen LogP contribution is 2.39. The Hall–Kier alpha value is -2.18. The molecule has 19 heavy (non-hydrogen) atoms. The molecule has 0 amide bonds. The Morgan fingerprint density at radius 3 is 2.37 bits per heavy atom. The Morgan fingerprint density at radius 2 is 1.89 bits per heavy atom. The van der Waals surface area contributed by atoms with Crippen LogP contribution in [0.5, 0.6) is 0 Å². The fourth-order valence-electron chi connectivity index (χ4n) is 1.68. The number of nitrogens with zero attached hydrogens (tertiary/aromatic N) is 2. The summed E-state index contributed by atoms with van der Waals surface area (Å²) in [7, 11) is 3.47. The third kappa shape index (κ3) is 2.64. The van der Waals surface area contributed by atoms with E-state index in [9.17, 15) is 13.2 Å². The molecule has 0 unspecified atom stereocenters. The van der Waals surface area contributed by atoms with Crippen LogP contribution in [0.25, 0.3) is 11.3 Å². The van der Waals surface area contributed by atoms with Gasteiger partial charge in [0, 0.05) is 31.4 Å². The van der Waals surface area contributed by atoms with Crippen LogP contribution in [-0.2, 0) is 6.18 Å². The quantitative estimate of drug-likeness (QED) is 0.912. The molecular weight excluding hydrogens is 259 g/mol. The minimum absolute atomic E-state index is 0.00600. The van der Waals surface area contributed by atoms with Crippen LogP contribution in [0.1, 0.15) is 5.56 Å². The van der Waals surface area contributed by atoms with Gasteiger partial charge >= 0.3 is 6.18 Å². The Balaban J connectivity index is 2.63. The van der Waals surface area contributed by atoms with E-state index in [2.05, 4.69) is 5.16 Å². The molecule has 4 nitrogen and oxygen atoms in total. The number of rotatable bonds is 2. The van der Waals surface area contributed by atoms with Crippen LogP contribution >= 0.6 is 0 Å². The molecule has 0 aliphatic carbocycles. The molecule has 2 rings (SSSR count). The van der Waals surface area contributed by atoms with Crippen molar-refractivity contribution in [1.29, 1.82) is 0 Å². The highest BCUT2D eigenvalue weighted by atomic mass is 19.4. The standard InChI is InChI=1S/C12H12F3N3O/c1-18(2)7-3-4-9(12(13,14)15)8(5-7)10-6-11(16)17-19-10/h3-6H,1-2H3,(H2,16,17). The highest BCUT2D eigenvalue weighted by molar-refractivity contribution is 5.70. The Morgan fingerprint density at radius 1 is 1.21 bits per heavy atom. The molecule has 0 radical (unpaired) electrons. The van der Waals surface area contributed by atoms with E-state index in [4.69, 9.17) is 10.3 Å². The lowest BCUT2D eigenvalue weighted by atomic mass is 10.0. The number of hydrogen-bond donors (Lipinski definition) is 1. The van der Waals surface area contributed by atoms with Crippen molar-refractivity contribution in [2.75, 3.05) is 24.7 Å². The van der Waals surface area contributed by atoms with Gasteiger partial charge in [0.2, 0.25) is 0 Å². The van der Waals surface area contributed by atoms with Gasteiger partial charge in [0.05, 0.1) is 5.56 Å². The van der Waals surface area contributed by atoms with Gasteiger partial charge in [-0.2, -0.15) is 13.2 Å². The van der Waals surface area contributed by atoms with E-state index in [-0.39, 0.29) is 17.1 Å². The predicted octanol–water partition coefficient (Wildman–Crippen LogP) is 3.01. The van der Waals surface area contributed by atoms with Crippen molar-refractivity contribution in [3.05, 3.63) is 29.8 Å². The zero-order valence-electron chi connectivity index (χ0n) is 10.3. The summed E-state index contributed by atoms with van der Waals surface area (Å²) in [5.74, 6) is 0.0342. The van der Waals surface area contributed by atoms with Crippen LogP contribution in [0.2, 0.25) is 0 Å². The number of nitrogen functional groups attached to an aromatic ring is 1. The molecule has 0 atom stereocenters. The van der Waals surface area contributed by atoms with Crippen molar-refractivity contribution in [1.82, 2.24) is 5.16 Å². The first-order valence-electron chi connectivity index (χ1n) is 5.40. The summed E-state index contributed by atoms with van der Waals surface area (Å²) in [6.45, 7) is 0. The van der Waals surface area contributed by atoms with Crippen molar-refractivity contribution in [3.8, 4) is 11.3 Å². The maximum atomic E-state index is 13.0. The van der Waals surface area contributed by atoms with Crippen LogP contribution in [0.15, 0.2) is 28.8 Å². The summed E-state index contributed by atoms with van der Waals surface area (Å²) in [5.41, 5.74) is 5.14. The third-order valence-corrected chi connectivity index (χ3v) is 2.62. The summed E-state index contributed by atoms with van der Waals surface area (Å²) < 4.78 is 43.7. The number of benzene rings is 1. The van der Waals surface area contributed by atoms with Crippen molar-refractivity contribution in [2.45, 2.75) is 6.18 Å². The first-order valence-corrected chi connectivity index (χ1v) is 5.40. The summed E-state index contributed by atoms with van der Waals surface area (Å²) in [4.78, 5) is 1.70. The van der Waals surface area contributed by atoms with Gasteiger partial charge in [-0.1, -0.05) is 5.16 Å². The van der Waals surface area contributed by atoms with Gasteiger partial charge in [-0.25, -0.2) is 0 Å². The Kier molecular flexibility index (Phi) is 3.13. The zero-order chi connectivity index (χ0) is 14.2. The smallest absolute Gasteiger partial charge is 0.381 e. The molecule has 0 aliphatic heterocycles. The summed E-state index contributed by atoms with van der Waals surface area (Å²) >= 11 is 0. The van der Waals surface area contributed by atoms with Gasteiger partial charge in [-0.3, -0.25) is 0 Å². The molecule has 0 aliphatic rings. The summed E-state index contributed by atoms with van der Waals surface area (Å²) in [6, 6.07) is 5.07. The molecule has 2 N–H and O–H groups in total. The molecule has 1 aromatic carbocycles. The van der Waals surface area contributed by atoms with Crippen molar-refractivity contribution in [2.24, 2.45) is 0 Å². The summed E-state index contributed by atoms with van der Waals surface area (Å²) in [6.07, 6.45) is -4.47. The molecule has 1 heterocycles. The van der Waals surface area contributed by atoms with Gasteiger partial charge in [0.1, 0.15) is 0 Å². The van der Waals surface area contributed by atoms with Gasteiger partial charge in [-0.15, -0.1) is 0 Å². The van der Waals surface area contributed by atoms with Crippen LogP contribution < -0.4 is 10.6 Å². The van der Waals surface area contributed by atoms with Gasteiger partial charge in [-0.05, 0) is 18.2 Å². The molecule has 0 spiro atoms. The molecule has 0 bridgehead atoms. The number of aromatic nitrogens is 1. The molecule has 0 fully saturated rings. The lowest BCUT2D eigenvalue weighted by Gasteiger charge is -2.16. The van der Waals surface area contributed by atoms with E-state index < -0.39 is 11.7 Å². The number of anilines is 2. The van der Waals surface area contributed by atoms with E-state index in [1.54, 1.807) is 19.0 Å². The van der Waals surface area contributed by atoms with Gasteiger partial charge in [0.15, 0.2) is 11.6 Å². The molecule has 2 aromatic rings. The second kappa shape index (κ2) is 4.49. The molecule has 7 heteroatoms. The van der Waals surface area contributed by atoms with Crippen LogP contribution in [-0.4, -0.2) is 19.3 Å². The fourth-order valence-corrected chi connectivity index (χ4v) is 1.68. The van der Waals surface area contributed by atoms with E-state index in [0.29, 0.717) is 5.69 Å². The van der Waals surface area contributed by atoms with Crippen LogP contribution in [0.4, 0.5) is 24.7 Å². The first kappa shape index (κ1) is 13.3. The molecule has 0 saturated heterocycles. The van der Waals surface area contributed by atoms with Crippen molar-refractivity contribution in [3.63, 3.8) is 0 Å². The number of hydrogen-bond acceptors (Lipinski definition) is 4. The van der Waals surface area contributed by atoms with Crippen LogP contribution in [0.3, 0.4) is 0 Å². The van der Waals surface area contributed by atoms with E-state index in [1.165, 1.54) is 18.2 Å². The maximum Gasteiger partial charge on any atom is 0.417 e. The first-order chi connectivity index (χ1) is 8.79. The van der Waals surface area contributed by atoms with Gasteiger partial charge in [0.25, 0.3) is 0 Å². The molecule has 102 valence electrons. The number of nitrogens with two attached hydrogens (primary N) is 1. The summed E-state index contributed by atoms with van der Waals surface area (Å²) in [5, 5.41) is 3.41. The van der Waals surface area contributed by atoms with Crippen LogP contribution in [0, 0.1) is 0 Å². The molecule has 1 aromatic heterocycles. The SMILES string of the molecule is CN(C)c1ccc(C(F)(F)F)c(-c2cc(N)no2)c1. The second-order valence-electron chi connectivity index (χ2n) is 4.24. The van der Waals surface area contributed by atoms with Crippen molar-refractivity contribution >= 4 is 11.5 Å². The minimum Gasteiger partial charge on any atom is -0.381 e. The molecule has 0 saturated carbocycles. The number of halogens is 3. The second-order valence-corrected chi connectivity index (χ2v) is 4.24. The van der Waals surface area contributed by atoms with E-state index >= 15 is 0 Å². The van der Waals surface area contributed by atoms with Gasteiger partial charge < -0.3 is 15.2 Å². The highest BCUT2D eigenvalue weighted by Gasteiger charge is 2.34. The maximum absolute atomic E-state index is 13.0. The average molecular weight is 271 g/mol. The fraction of sp³-hybridized carbons (Fsp3) is 0.250. The normalized spacial score (nSPS) is 11.6. The van der Waals surface area contributed by atoms with E-state index in [0.717, 1.165) is 6.07 Å². The largest absolute Gasteiger partial charge is 0.417 e. The average Bonchev–Trinajstić information content (AvgIpc) is 2.73. The lowest BCUT2D eigenvalue weighted by molar-refractivity contribution is -0.137. The predicted molar refractivity (Wildman–Crippen MR) is 65.7 cm³/mol. The Labute approximate surface area is 107 Å².